The maximum absolute atomic E-state index is 12.9. The molecule has 0 unspecified atom stereocenters. The number of piperazine rings is 1. The average Bonchev–Trinajstić information content (AvgIpc) is 3.19. The Morgan fingerprint density at radius 2 is 1.83 bits per heavy atom. The number of amides is 1. The number of aryl methyl sites for hydroxylation is 1. The van der Waals surface area contributed by atoms with Crippen LogP contribution in [0.15, 0.2) is 60.8 Å². The molecule has 6 heteroatoms. The number of quaternary nitrogens is 2. The Morgan fingerprint density at radius 1 is 1.10 bits per heavy atom. The summed E-state index contributed by atoms with van der Waals surface area (Å²) in [6.07, 6.45) is 2.83. The molecular weight excluding hydrogens is 392 g/mol. The third kappa shape index (κ3) is 4.61. The number of hydrogen-bond acceptors (Lipinski definition) is 3. The summed E-state index contributed by atoms with van der Waals surface area (Å²) in [7, 11) is 2.26. The minimum atomic E-state index is -0.0565. The predicted molar refractivity (Wildman–Crippen MR) is 121 cm³/mol. The molecule has 3 aromatic rings. The van der Waals surface area contributed by atoms with Crippen LogP contribution in [-0.2, 0) is 6.42 Å². The van der Waals surface area contributed by atoms with Crippen molar-refractivity contribution in [3.8, 4) is 0 Å². The average molecular weight is 423 g/mol. The van der Waals surface area contributed by atoms with Crippen LogP contribution in [0, 0.1) is 0 Å². The molecule has 0 saturated carbocycles. The van der Waals surface area contributed by atoms with Crippen LogP contribution in [0.3, 0.4) is 0 Å². The summed E-state index contributed by atoms with van der Waals surface area (Å²) >= 11 is 1.69. The van der Waals surface area contributed by atoms with Crippen LogP contribution in [0.2, 0.25) is 0 Å². The lowest BCUT2D eigenvalue weighted by molar-refractivity contribution is -1.02. The molecule has 0 bridgehead atoms. The number of anilines is 1. The number of benzene rings is 1. The van der Waals surface area contributed by atoms with E-state index in [2.05, 4.69) is 37.5 Å². The van der Waals surface area contributed by atoms with Crippen LogP contribution in [0.25, 0.3) is 0 Å². The molecule has 156 valence electrons. The van der Waals surface area contributed by atoms with Crippen LogP contribution in [0.5, 0.6) is 0 Å². The van der Waals surface area contributed by atoms with E-state index in [0.29, 0.717) is 5.56 Å². The van der Waals surface area contributed by atoms with Crippen LogP contribution >= 0.6 is 11.3 Å². The van der Waals surface area contributed by atoms with E-state index >= 15 is 0 Å². The van der Waals surface area contributed by atoms with Gasteiger partial charge in [0.2, 0.25) is 0 Å². The van der Waals surface area contributed by atoms with E-state index in [1.807, 2.05) is 42.6 Å². The standard InChI is InChI=1S/C24H28N4OS/c1-3-19-17-20(24(30-19)26-23(29)18-9-5-4-6-10-18)22(21-11-7-8-12-25-21)28-15-13-27(2)14-16-28/h4-12,17,22H,3,13-16H2,1-2H3,(H,26,29)/p+2/t22-/m0/s1. The zero-order valence-electron chi connectivity index (χ0n) is 17.7. The maximum Gasteiger partial charge on any atom is 0.256 e. The van der Waals surface area contributed by atoms with Crippen molar-refractivity contribution in [3.05, 3.63) is 82.5 Å². The highest BCUT2D eigenvalue weighted by atomic mass is 32.1. The monoisotopic (exact) mass is 422 g/mol. The first-order chi connectivity index (χ1) is 14.7. The molecule has 5 nitrogen and oxygen atoms in total. The van der Waals surface area contributed by atoms with E-state index in [1.165, 1.54) is 15.3 Å². The Morgan fingerprint density at radius 3 is 2.50 bits per heavy atom. The van der Waals surface area contributed by atoms with Gasteiger partial charge in [-0.1, -0.05) is 31.2 Å². The number of likely N-dealkylation sites (N-methyl/N-ethyl adjacent to an activating group) is 1. The fourth-order valence-electron chi connectivity index (χ4n) is 4.13. The molecule has 2 aromatic heterocycles. The Balaban J connectivity index is 1.71. The number of thiophene rings is 1. The zero-order chi connectivity index (χ0) is 20.9. The number of carbonyl (C=O) groups excluding carboxylic acids is 1. The first-order valence-corrected chi connectivity index (χ1v) is 11.5. The Kier molecular flexibility index (Phi) is 6.57. The molecule has 1 fully saturated rings. The van der Waals surface area contributed by atoms with Gasteiger partial charge in [0.25, 0.3) is 5.91 Å². The second-order valence-corrected chi connectivity index (χ2v) is 9.11. The third-order valence-electron chi connectivity index (χ3n) is 5.87. The number of pyridine rings is 1. The van der Waals surface area contributed by atoms with Crippen molar-refractivity contribution in [3.63, 3.8) is 0 Å². The number of rotatable bonds is 6. The van der Waals surface area contributed by atoms with E-state index in [9.17, 15) is 4.79 Å². The Labute approximate surface area is 182 Å². The van der Waals surface area contributed by atoms with Crippen molar-refractivity contribution in [2.75, 3.05) is 38.5 Å². The summed E-state index contributed by atoms with van der Waals surface area (Å²) in [5.41, 5.74) is 2.94. The number of aromatic nitrogens is 1. The van der Waals surface area contributed by atoms with Gasteiger partial charge < -0.3 is 15.1 Å². The maximum atomic E-state index is 12.9. The molecule has 1 aliphatic heterocycles. The summed E-state index contributed by atoms with van der Waals surface area (Å²) in [5, 5.41) is 4.17. The van der Waals surface area contributed by atoms with Gasteiger partial charge in [0, 0.05) is 16.6 Å². The first kappa shape index (κ1) is 20.7. The lowest BCUT2D eigenvalue weighted by Gasteiger charge is -2.33. The predicted octanol–water partition coefficient (Wildman–Crippen LogP) is 1.46. The third-order valence-corrected chi connectivity index (χ3v) is 7.08. The van der Waals surface area contributed by atoms with Gasteiger partial charge in [0.05, 0.1) is 12.6 Å². The summed E-state index contributed by atoms with van der Waals surface area (Å²) in [4.78, 5) is 22.0. The van der Waals surface area contributed by atoms with Crippen molar-refractivity contribution in [2.24, 2.45) is 0 Å². The summed E-state index contributed by atoms with van der Waals surface area (Å²) in [6, 6.07) is 18.0. The molecule has 3 N–H and O–H groups in total. The van der Waals surface area contributed by atoms with Crippen LogP contribution < -0.4 is 15.1 Å². The molecule has 0 radical (unpaired) electrons. The summed E-state index contributed by atoms with van der Waals surface area (Å²) < 4.78 is 0. The van der Waals surface area contributed by atoms with Gasteiger partial charge >= 0.3 is 0 Å². The van der Waals surface area contributed by atoms with E-state index < -0.39 is 0 Å². The molecule has 1 atom stereocenters. The van der Waals surface area contributed by atoms with Gasteiger partial charge in [0.1, 0.15) is 36.9 Å². The van der Waals surface area contributed by atoms with Crippen molar-refractivity contribution in [2.45, 2.75) is 19.4 Å². The van der Waals surface area contributed by atoms with Crippen molar-refractivity contribution >= 4 is 22.2 Å². The molecule has 0 spiro atoms. The number of carbonyl (C=O) groups is 1. The first-order valence-electron chi connectivity index (χ1n) is 10.7. The molecule has 4 rings (SSSR count). The van der Waals surface area contributed by atoms with E-state index in [-0.39, 0.29) is 11.9 Å². The molecule has 1 aliphatic rings. The van der Waals surface area contributed by atoms with Gasteiger partial charge in [-0.15, -0.1) is 11.3 Å². The Bertz CT molecular complexity index is 965. The molecule has 0 aliphatic carbocycles. The van der Waals surface area contributed by atoms with Gasteiger partial charge in [-0.2, -0.15) is 0 Å². The molecule has 1 aromatic carbocycles. The van der Waals surface area contributed by atoms with Gasteiger partial charge in [0.15, 0.2) is 6.04 Å². The molecular formula is C24H30N4OS+2. The van der Waals surface area contributed by atoms with Crippen LogP contribution in [-0.4, -0.2) is 44.1 Å². The van der Waals surface area contributed by atoms with Crippen LogP contribution in [0.4, 0.5) is 5.00 Å². The second-order valence-electron chi connectivity index (χ2n) is 7.97. The van der Waals surface area contributed by atoms with Gasteiger partial charge in [-0.25, -0.2) is 0 Å². The topological polar surface area (TPSA) is 50.9 Å². The lowest BCUT2D eigenvalue weighted by atomic mass is 10.0. The minimum Gasteiger partial charge on any atom is -0.328 e. The van der Waals surface area contributed by atoms with Crippen LogP contribution in [0.1, 0.15) is 39.5 Å². The van der Waals surface area contributed by atoms with E-state index in [4.69, 9.17) is 4.98 Å². The highest BCUT2D eigenvalue weighted by molar-refractivity contribution is 7.16. The fraction of sp³-hybridized carbons (Fsp3) is 0.333. The van der Waals surface area contributed by atoms with E-state index in [1.54, 1.807) is 16.2 Å². The quantitative estimate of drug-likeness (QED) is 0.563. The normalized spacial score (nSPS) is 19.9. The lowest BCUT2D eigenvalue weighted by Crippen LogP contribution is -3.27. The fourth-order valence-corrected chi connectivity index (χ4v) is 5.16. The number of hydrogen-bond donors (Lipinski definition) is 3. The summed E-state index contributed by atoms with van der Waals surface area (Å²) in [6.45, 7) is 6.65. The molecule has 1 amide bonds. The minimum absolute atomic E-state index is 0.0565. The van der Waals surface area contributed by atoms with Crippen molar-refractivity contribution in [1.29, 1.82) is 0 Å². The smallest absolute Gasteiger partial charge is 0.256 e. The SMILES string of the molecule is CCc1cc([C@@H](c2ccccn2)[NH+]2CC[NH+](C)CC2)c(NC(=O)c2ccccc2)s1. The zero-order valence-corrected chi connectivity index (χ0v) is 18.5. The molecule has 30 heavy (non-hydrogen) atoms. The number of nitrogens with zero attached hydrogens (tertiary/aromatic N) is 1. The van der Waals surface area contributed by atoms with Crippen molar-refractivity contribution < 1.29 is 14.6 Å². The van der Waals surface area contributed by atoms with E-state index in [0.717, 1.165) is 43.3 Å². The van der Waals surface area contributed by atoms with Crippen molar-refractivity contribution in [1.82, 2.24) is 4.98 Å². The van der Waals surface area contributed by atoms with Gasteiger partial charge in [-0.3, -0.25) is 9.78 Å². The molecule has 3 heterocycles. The summed E-state index contributed by atoms with van der Waals surface area (Å²) in [5.74, 6) is -0.0565. The largest absolute Gasteiger partial charge is 0.328 e. The molecule has 1 saturated heterocycles. The number of nitrogens with one attached hydrogen (secondary N) is 3. The second kappa shape index (κ2) is 9.51. The van der Waals surface area contributed by atoms with Gasteiger partial charge in [-0.05, 0) is 36.8 Å². The Hall–Kier alpha value is -2.54. The highest BCUT2D eigenvalue weighted by Crippen LogP contribution is 2.34. The highest BCUT2D eigenvalue weighted by Gasteiger charge is 2.34.